The van der Waals surface area contributed by atoms with E-state index in [9.17, 15) is 4.79 Å². The number of aromatic nitrogens is 2. The molecule has 2 aromatic heterocycles. The Balaban J connectivity index is 2.12. The summed E-state index contributed by atoms with van der Waals surface area (Å²) in [5.74, 6) is 1.96. The molecule has 1 aromatic carbocycles. The Morgan fingerprint density at radius 2 is 1.68 bits per heavy atom. The van der Waals surface area contributed by atoms with Crippen LogP contribution in [0.2, 0.25) is 0 Å². The minimum absolute atomic E-state index is 0.156. The summed E-state index contributed by atoms with van der Waals surface area (Å²) < 4.78 is 16.7. The third-order valence-electron chi connectivity index (χ3n) is 3.76. The monoisotopic (exact) mass is 338 g/mol. The van der Waals surface area contributed by atoms with Gasteiger partial charge in [-0.25, -0.2) is 4.98 Å². The first-order valence-corrected chi connectivity index (χ1v) is 7.70. The van der Waals surface area contributed by atoms with Gasteiger partial charge in [0.15, 0.2) is 23.0 Å². The van der Waals surface area contributed by atoms with E-state index in [1.807, 2.05) is 6.92 Å². The normalized spacial score (nSPS) is 10.6. The lowest BCUT2D eigenvalue weighted by Gasteiger charge is -2.13. The van der Waals surface area contributed by atoms with Crippen LogP contribution >= 0.6 is 0 Å². The van der Waals surface area contributed by atoms with E-state index in [1.165, 1.54) is 6.92 Å². The molecule has 25 heavy (non-hydrogen) atoms. The molecule has 2 heterocycles. The minimum atomic E-state index is -0.156. The molecule has 6 heteroatoms. The third kappa shape index (κ3) is 3.24. The van der Waals surface area contributed by atoms with Crippen molar-refractivity contribution < 1.29 is 19.0 Å². The quantitative estimate of drug-likeness (QED) is 0.656. The molecule has 0 bridgehead atoms. The highest BCUT2D eigenvalue weighted by Gasteiger charge is 2.15. The van der Waals surface area contributed by atoms with Gasteiger partial charge < -0.3 is 14.2 Å². The topological polar surface area (TPSA) is 70.5 Å². The molecule has 0 radical (unpaired) electrons. The number of carbonyl (C=O) groups is 1. The Bertz CT molecular complexity index is 954. The zero-order valence-corrected chi connectivity index (χ0v) is 14.5. The van der Waals surface area contributed by atoms with Crippen molar-refractivity contribution >= 4 is 16.7 Å². The van der Waals surface area contributed by atoms with Gasteiger partial charge in [-0.05, 0) is 31.2 Å². The van der Waals surface area contributed by atoms with Crippen LogP contribution in [0, 0.1) is 6.92 Å². The number of Topliss-reactive ketones (excluding diaryl/α,β-unsaturated/α-hetero) is 1. The van der Waals surface area contributed by atoms with Crippen molar-refractivity contribution in [1.29, 1.82) is 0 Å². The predicted molar refractivity (Wildman–Crippen MR) is 93.9 cm³/mol. The maximum atomic E-state index is 11.9. The lowest BCUT2D eigenvalue weighted by atomic mass is 10.1. The summed E-state index contributed by atoms with van der Waals surface area (Å²) in [6.07, 6.45) is 1.64. The lowest BCUT2D eigenvalue weighted by molar-refractivity contribution is 0.101. The van der Waals surface area contributed by atoms with Crippen LogP contribution in [0.4, 0.5) is 0 Å². The molecule has 0 saturated heterocycles. The molecule has 0 saturated carbocycles. The number of benzene rings is 1. The largest absolute Gasteiger partial charge is 0.493 e. The van der Waals surface area contributed by atoms with Gasteiger partial charge in [-0.1, -0.05) is 0 Å². The number of rotatable bonds is 5. The first kappa shape index (κ1) is 16.7. The molecule has 0 amide bonds. The Morgan fingerprint density at radius 1 is 0.960 bits per heavy atom. The van der Waals surface area contributed by atoms with Crippen LogP contribution in [0.25, 0.3) is 10.9 Å². The van der Waals surface area contributed by atoms with Crippen LogP contribution in [-0.2, 0) is 0 Å². The van der Waals surface area contributed by atoms with Crippen molar-refractivity contribution in [2.45, 2.75) is 13.8 Å². The number of methoxy groups -OCH3 is 2. The second kappa shape index (κ2) is 6.76. The van der Waals surface area contributed by atoms with Gasteiger partial charge in [0.1, 0.15) is 11.4 Å². The van der Waals surface area contributed by atoms with Crippen molar-refractivity contribution in [3.63, 3.8) is 0 Å². The van der Waals surface area contributed by atoms with E-state index in [0.717, 1.165) is 11.1 Å². The number of ketones is 1. The van der Waals surface area contributed by atoms with E-state index in [-0.39, 0.29) is 5.78 Å². The minimum Gasteiger partial charge on any atom is -0.493 e. The second-order valence-corrected chi connectivity index (χ2v) is 5.49. The number of nitrogens with zero attached hydrogens (tertiary/aromatic N) is 2. The molecule has 0 atom stereocenters. The van der Waals surface area contributed by atoms with Gasteiger partial charge in [0.25, 0.3) is 0 Å². The molecule has 0 aliphatic rings. The molecule has 0 aliphatic heterocycles. The van der Waals surface area contributed by atoms with Crippen LogP contribution in [0.15, 0.2) is 36.5 Å². The van der Waals surface area contributed by atoms with E-state index >= 15 is 0 Å². The summed E-state index contributed by atoms with van der Waals surface area (Å²) in [4.78, 5) is 20.5. The van der Waals surface area contributed by atoms with Crippen LogP contribution in [0.1, 0.15) is 23.1 Å². The van der Waals surface area contributed by atoms with Crippen molar-refractivity contribution in [2.24, 2.45) is 0 Å². The van der Waals surface area contributed by atoms with Gasteiger partial charge in [0, 0.05) is 30.3 Å². The molecule has 6 nitrogen and oxygen atoms in total. The summed E-state index contributed by atoms with van der Waals surface area (Å²) in [6, 6.07) is 8.85. The zero-order chi connectivity index (χ0) is 18.0. The predicted octanol–water partition coefficient (Wildman–Crippen LogP) is 3.95. The Hall–Kier alpha value is -3.15. The van der Waals surface area contributed by atoms with E-state index < -0.39 is 0 Å². The zero-order valence-electron chi connectivity index (χ0n) is 14.5. The Kier molecular flexibility index (Phi) is 4.52. The highest BCUT2D eigenvalue weighted by molar-refractivity contribution is 5.95. The average molecular weight is 338 g/mol. The number of ether oxygens (including phenoxy) is 3. The molecule has 0 aliphatic carbocycles. The fraction of sp³-hybridized carbons (Fsp3) is 0.211. The standard InChI is InChI=1S/C19H18N2O4/c1-11-5-6-16(19(21-11)12(2)22)25-15-7-8-20-14-10-18(24-4)17(23-3)9-13(14)15/h5-10H,1-4H3. The molecule has 0 unspecified atom stereocenters. The summed E-state index contributed by atoms with van der Waals surface area (Å²) in [6.45, 7) is 3.29. The third-order valence-corrected chi connectivity index (χ3v) is 3.76. The maximum absolute atomic E-state index is 11.9. The molecular formula is C19H18N2O4. The van der Waals surface area contributed by atoms with E-state index in [1.54, 1.807) is 50.7 Å². The fourth-order valence-electron chi connectivity index (χ4n) is 2.53. The van der Waals surface area contributed by atoms with Gasteiger partial charge in [-0.3, -0.25) is 9.78 Å². The molecule has 0 fully saturated rings. The molecule has 3 aromatic rings. The van der Waals surface area contributed by atoms with Gasteiger partial charge in [-0.2, -0.15) is 0 Å². The molecular weight excluding hydrogens is 320 g/mol. The number of pyridine rings is 2. The Labute approximate surface area is 145 Å². The maximum Gasteiger partial charge on any atom is 0.181 e. The number of fused-ring (bicyclic) bond motifs is 1. The van der Waals surface area contributed by atoms with Crippen molar-refractivity contribution in [2.75, 3.05) is 14.2 Å². The number of hydrogen-bond acceptors (Lipinski definition) is 6. The SMILES string of the molecule is COc1cc2nccc(Oc3ccc(C)nc3C(C)=O)c2cc1OC. The smallest absolute Gasteiger partial charge is 0.181 e. The van der Waals surface area contributed by atoms with E-state index in [0.29, 0.717) is 34.2 Å². The van der Waals surface area contributed by atoms with Crippen molar-refractivity contribution in [3.8, 4) is 23.0 Å². The Morgan fingerprint density at radius 3 is 2.36 bits per heavy atom. The second-order valence-electron chi connectivity index (χ2n) is 5.49. The number of hydrogen-bond donors (Lipinski definition) is 0. The fourth-order valence-corrected chi connectivity index (χ4v) is 2.53. The molecule has 0 spiro atoms. The van der Waals surface area contributed by atoms with Crippen molar-refractivity contribution in [1.82, 2.24) is 9.97 Å². The van der Waals surface area contributed by atoms with Crippen LogP contribution in [0.5, 0.6) is 23.0 Å². The summed E-state index contributed by atoms with van der Waals surface area (Å²) in [7, 11) is 3.14. The summed E-state index contributed by atoms with van der Waals surface area (Å²) in [5.41, 5.74) is 1.74. The van der Waals surface area contributed by atoms with Gasteiger partial charge in [0.05, 0.1) is 19.7 Å². The number of carbonyl (C=O) groups excluding carboxylic acids is 1. The van der Waals surface area contributed by atoms with Gasteiger partial charge in [0.2, 0.25) is 0 Å². The number of aryl methyl sites for hydroxylation is 1. The molecule has 128 valence electrons. The molecule has 0 N–H and O–H groups in total. The van der Waals surface area contributed by atoms with E-state index in [4.69, 9.17) is 14.2 Å². The van der Waals surface area contributed by atoms with E-state index in [2.05, 4.69) is 9.97 Å². The van der Waals surface area contributed by atoms with Gasteiger partial charge in [-0.15, -0.1) is 0 Å². The van der Waals surface area contributed by atoms with Crippen LogP contribution in [0.3, 0.4) is 0 Å². The lowest BCUT2D eigenvalue weighted by Crippen LogP contribution is -2.02. The highest BCUT2D eigenvalue weighted by Crippen LogP contribution is 2.37. The van der Waals surface area contributed by atoms with Crippen LogP contribution in [-0.4, -0.2) is 30.0 Å². The van der Waals surface area contributed by atoms with Crippen LogP contribution < -0.4 is 14.2 Å². The summed E-state index contributed by atoms with van der Waals surface area (Å²) >= 11 is 0. The highest BCUT2D eigenvalue weighted by atomic mass is 16.5. The average Bonchev–Trinajstić information content (AvgIpc) is 2.62. The first-order chi connectivity index (χ1) is 12.0. The molecule has 3 rings (SSSR count). The summed E-state index contributed by atoms with van der Waals surface area (Å²) in [5, 5.41) is 0.746. The van der Waals surface area contributed by atoms with Crippen molar-refractivity contribution in [3.05, 3.63) is 47.9 Å². The van der Waals surface area contributed by atoms with Gasteiger partial charge >= 0.3 is 0 Å². The first-order valence-electron chi connectivity index (χ1n) is 7.70.